The minimum absolute atomic E-state index is 0.0234. The lowest BCUT2D eigenvalue weighted by molar-refractivity contribution is -0.155. The first-order valence-corrected chi connectivity index (χ1v) is 17.4. The quantitative estimate of drug-likeness (QED) is 0.0403. The molecule has 270 valence electrons. The highest BCUT2D eigenvalue weighted by atomic mass is 16.6. The summed E-state index contributed by atoms with van der Waals surface area (Å²) in [6.07, 6.45) is -0.624. The molecule has 0 radical (unpaired) electrons. The van der Waals surface area contributed by atoms with Crippen molar-refractivity contribution in [1.29, 1.82) is 0 Å². The summed E-state index contributed by atoms with van der Waals surface area (Å²) in [5.74, 6) is -0.244. The number of aliphatic hydroxyl groups is 1. The third-order valence-electron chi connectivity index (χ3n) is 8.67. The van der Waals surface area contributed by atoms with Gasteiger partial charge in [-0.2, -0.15) is 0 Å². The molecule has 4 aromatic rings. The summed E-state index contributed by atoms with van der Waals surface area (Å²) in [4.78, 5) is 36.2. The van der Waals surface area contributed by atoms with Crippen LogP contribution in [0.2, 0.25) is 0 Å². The Morgan fingerprint density at radius 1 is 0.962 bits per heavy atom. The van der Waals surface area contributed by atoms with E-state index in [1.165, 1.54) is 0 Å². The molecule has 11 nitrogen and oxygen atoms in total. The van der Waals surface area contributed by atoms with E-state index in [2.05, 4.69) is 15.3 Å². The zero-order valence-corrected chi connectivity index (χ0v) is 29.8. The van der Waals surface area contributed by atoms with E-state index in [-0.39, 0.29) is 44.4 Å². The number of esters is 1. The SMILES string of the molecule is CC(C)(C)OC(=O)CC[C@@]1(C(=O)NCC(c2ccccc2)c2ccccc2)N=C(c2ccc(OCCCO)cc2)O[C@@H]1c1ccccc1CN=[N+]=[N-]. The van der Waals surface area contributed by atoms with Gasteiger partial charge in [-0.25, -0.2) is 4.99 Å². The van der Waals surface area contributed by atoms with E-state index in [0.29, 0.717) is 35.5 Å². The summed E-state index contributed by atoms with van der Waals surface area (Å²) in [5.41, 5.74) is 10.8. The smallest absolute Gasteiger partial charge is 0.306 e. The van der Waals surface area contributed by atoms with Gasteiger partial charge in [0.2, 0.25) is 5.90 Å². The van der Waals surface area contributed by atoms with Crippen molar-refractivity contribution >= 4 is 17.8 Å². The van der Waals surface area contributed by atoms with Crippen LogP contribution in [-0.2, 0) is 25.6 Å². The molecule has 1 aliphatic rings. The highest BCUT2D eigenvalue weighted by Gasteiger charge is 2.54. The number of rotatable bonds is 16. The van der Waals surface area contributed by atoms with Crippen molar-refractivity contribution in [2.45, 2.75) is 69.7 Å². The van der Waals surface area contributed by atoms with Crippen molar-refractivity contribution in [3.63, 3.8) is 0 Å². The Morgan fingerprint density at radius 2 is 1.60 bits per heavy atom. The number of benzene rings is 4. The maximum Gasteiger partial charge on any atom is 0.306 e. The van der Waals surface area contributed by atoms with Gasteiger partial charge in [0, 0.05) is 42.4 Å². The predicted molar refractivity (Wildman–Crippen MR) is 199 cm³/mol. The predicted octanol–water partition coefficient (Wildman–Crippen LogP) is 7.59. The number of hydrogen-bond acceptors (Lipinski definition) is 8. The summed E-state index contributed by atoms with van der Waals surface area (Å²) in [5, 5.41) is 16.1. The van der Waals surface area contributed by atoms with Crippen LogP contribution in [-0.4, -0.2) is 53.8 Å². The molecular formula is C41H45N5O6. The van der Waals surface area contributed by atoms with Crippen LogP contribution in [0.4, 0.5) is 0 Å². The molecule has 0 saturated heterocycles. The first-order chi connectivity index (χ1) is 25.1. The largest absolute Gasteiger partial charge is 0.494 e. The van der Waals surface area contributed by atoms with E-state index in [1.54, 1.807) is 45.0 Å². The number of carbonyl (C=O) groups excluding carboxylic acids is 2. The molecule has 0 unspecified atom stereocenters. The molecule has 0 aromatic heterocycles. The van der Waals surface area contributed by atoms with Crippen LogP contribution < -0.4 is 10.1 Å². The Kier molecular flexibility index (Phi) is 12.7. The topological polar surface area (TPSA) is 155 Å². The van der Waals surface area contributed by atoms with Gasteiger partial charge in [0.05, 0.1) is 13.2 Å². The fourth-order valence-electron chi connectivity index (χ4n) is 6.22. The number of hydrogen-bond donors (Lipinski definition) is 2. The molecule has 11 heteroatoms. The Morgan fingerprint density at radius 3 is 2.21 bits per heavy atom. The van der Waals surface area contributed by atoms with Crippen molar-refractivity contribution in [3.05, 3.63) is 147 Å². The van der Waals surface area contributed by atoms with Crippen LogP contribution in [0.1, 0.15) is 79.9 Å². The van der Waals surface area contributed by atoms with Crippen molar-refractivity contribution in [3.8, 4) is 5.75 Å². The molecule has 0 saturated carbocycles. The number of amides is 1. The average molecular weight is 704 g/mol. The first kappa shape index (κ1) is 37.6. The van der Waals surface area contributed by atoms with Crippen LogP contribution in [0.5, 0.6) is 5.75 Å². The van der Waals surface area contributed by atoms with E-state index >= 15 is 0 Å². The van der Waals surface area contributed by atoms with Gasteiger partial charge in [0.15, 0.2) is 11.6 Å². The molecule has 0 spiro atoms. The monoisotopic (exact) mass is 703 g/mol. The molecule has 1 aliphatic heterocycles. The molecule has 0 bridgehead atoms. The lowest BCUT2D eigenvalue weighted by Crippen LogP contribution is -2.50. The molecule has 0 fully saturated rings. The third kappa shape index (κ3) is 9.57. The number of nitrogens with one attached hydrogen (secondary N) is 1. The number of nitrogens with zero attached hydrogens (tertiary/aromatic N) is 4. The Hall–Kier alpha value is -5.64. The second-order valence-electron chi connectivity index (χ2n) is 13.5. The number of carbonyl (C=O) groups is 2. The lowest BCUT2D eigenvalue weighted by Gasteiger charge is -2.32. The molecule has 2 N–H and O–H groups in total. The molecule has 2 atom stereocenters. The minimum Gasteiger partial charge on any atom is -0.494 e. The molecule has 1 amide bonds. The maximum atomic E-state index is 14.9. The molecule has 4 aromatic carbocycles. The molecule has 52 heavy (non-hydrogen) atoms. The Balaban J connectivity index is 1.58. The van der Waals surface area contributed by atoms with E-state index < -0.39 is 29.1 Å². The van der Waals surface area contributed by atoms with Gasteiger partial charge in [-0.3, -0.25) is 9.59 Å². The molecule has 0 aliphatic carbocycles. The zero-order chi connectivity index (χ0) is 37.0. The summed E-state index contributed by atoms with van der Waals surface area (Å²) >= 11 is 0. The zero-order valence-electron chi connectivity index (χ0n) is 29.8. The van der Waals surface area contributed by atoms with Gasteiger partial charge in [-0.15, -0.1) is 0 Å². The minimum atomic E-state index is -1.62. The van der Waals surface area contributed by atoms with E-state index in [9.17, 15) is 15.1 Å². The van der Waals surface area contributed by atoms with Gasteiger partial charge in [0.1, 0.15) is 11.4 Å². The standard InChI is InChI=1S/C41H45N5O6/c1-40(2,3)52-36(48)23-24-41(39(49)43-28-35(29-13-6-4-7-14-29)30-15-8-5-9-16-30)37(34-18-11-10-17-32(34)27-44-46-42)51-38(45-41)31-19-21-33(22-20-31)50-26-12-25-47/h4-11,13-22,35,37,47H,12,23-28H2,1-3H3,(H,43,49)/t37-,41-/m1/s1. The number of ether oxygens (including phenoxy) is 3. The van der Waals surface area contributed by atoms with Crippen molar-refractivity contribution in [2.75, 3.05) is 19.8 Å². The summed E-state index contributed by atoms with van der Waals surface area (Å²) in [7, 11) is 0. The first-order valence-electron chi connectivity index (χ1n) is 17.4. The molecule has 1 heterocycles. The van der Waals surface area contributed by atoms with Crippen molar-refractivity contribution in [1.82, 2.24) is 5.32 Å². The van der Waals surface area contributed by atoms with Gasteiger partial charge < -0.3 is 24.6 Å². The normalized spacial score (nSPS) is 16.7. The van der Waals surface area contributed by atoms with Crippen LogP contribution in [0.3, 0.4) is 0 Å². The summed E-state index contributed by atoms with van der Waals surface area (Å²) in [6, 6.07) is 34.3. The van der Waals surface area contributed by atoms with Gasteiger partial charge >= 0.3 is 5.97 Å². The lowest BCUT2D eigenvalue weighted by atomic mass is 9.81. The molecular weight excluding hydrogens is 658 g/mol. The maximum absolute atomic E-state index is 14.9. The van der Waals surface area contributed by atoms with E-state index in [0.717, 1.165) is 11.1 Å². The van der Waals surface area contributed by atoms with Gasteiger partial charge in [-0.1, -0.05) is 90.0 Å². The average Bonchev–Trinajstić information content (AvgIpc) is 3.54. The fraction of sp³-hybridized carbons (Fsp3) is 0.341. The number of aliphatic imine (C=N–C) groups is 1. The van der Waals surface area contributed by atoms with Crippen LogP contribution in [0, 0.1) is 0 Å². The van der Waals surface area contributed by atoms with Crippen LogP contribution in [0.15, 0.2) is 119 Å². The van der Waals surface area contributed by atoms with Crippen LogP contribution >= 0.6 is 0 Å². The number of aliphatic hydroxyl groups excluding tert-OH is 1. The van der Waals surface area contributed by atoms with E-state index in [1.807, 2.05) is 84.9 Å². The molecule has 5 rings (SSSR count). The fourth-order valence-corrected chi connectivity index (χ4v) is 6.22. The Bertz CT molecular complexity index is 1830. The number of azide groups is 1. The highest BCUT2D eigenvalue weighted by molar-refractivity contribution is 6.01. The van der Waals surface area contributed by atoms with E-state index in [4.69, 9.17) is 24.3 Å². The summed E-state index contributed by atoms with van der Waals surface area (Å²) < 4.78 is 18.1. The second kappa shape index (κ2) is 17.5. The van der Waals surface area contributed by atoms with Crippen LogP contribution in [0.25, 0.3) is 10.4 Å². The van der Waals surface area contributed by atoms with Crippen molar-refractivity contribution < 1.29 is 28.9 Å². The summed E-state index contributed by atoms with van der Waals surface area (Å²) in [6.45, 7) is 6.04. The van der Waals surface area contributed by atoms with Gasteiger partial charge in [-0.05, 0) is 79.2 Å². The highest BCUT2D eigenvalue weighted by Crippen LogP contribution is 2.45. The second-order valence-corrected chi connectivity index (χ2v) is 13.5. The van der Waals surface area contributed by atoms with Crippen molar-refractivity contribution in [2.24, 2.45) is 10.1 Å². The Labute approximate surface area is 304 Å². The third-order valence-corrected chi connectivity index (χ3v) is 8.67. The van der Waals surface area contributed by atoms with Gasteiger partial charge in [0.25, 0.3) is 5.91 Å².